The van der Waals surface area contributed by atoms with Gasteiger partial charge >= 0.3 is 0 Å². The van der Waals surface area contributed by atoms with Crippen molar-refractivity contribution in [2.45, 2.75) is 32.9 Å². The Balaban J connectivity index is 1.87. The number of rotatable bonds is 7. The highest BCUT2D eigenvalue weighted by atomic mass is 32.2. The number of benzene rings is 1. The van der Waals surface area contributed by atoms with Crippen LogP contribution in [0.25, 0.3) is 10.9 Å². The summed E-state index contributed by atoms with van der Waals surface area (Å²) in [5, 5.41) is 4.75. The predicted molar refractivity (Wildman–Crippen MR) is 85.7 cm³/mol. The highest BCUT2D eigenvalue weighted by Crippen LogP contribution is 2.12. The van der Waals surface area contributed by atoms with Gasteiger partial charge in [-0.25, -0.2) is 0 Å². The third-order valence-electron chi connectivity index (χ3n) is 3.19. The van der Waals surface area contributed by atoms with Crippen LogP contribution >= 0.6 is 11.8 Å². The maximum Gasteiger partial charge on any atom is 0.0705 e. The standard InChI is InChI=1S/C16H22N2S/c1-3-19-11-10-13(2)17-12-15-9-8-14-6-4-5-7-16(14)18-15/h4-9,13,17H,3,10-12H2,1-2H3. The number of aromatic nitrogens is 1. The number of hydrogen-bond acceptors (Lipinski definition) is 3. The summed E-state index contributed by atoms with van der Waals surface area (Å²) < 4.78 is 0. The molecule has 102 valence electrons. The molecule has 2 nitrogen and oxygen atoms in total. The first-order valence-electron chi connectivity index (χ1n) is 6.95. The van der Waals surface area contributed by atoms with Crippen molar-refractivity contribution < 1.29 is 0 Å². The van der Waals surface area contributed by atoms with Crippen LogP contribution in [0.3, 0.4) is 0 Å². The highest BCUT2D eigenvalue weighted by molar-refractivity contribution is 7.99. The number of nitrogens with one attached hydrogen (secondary N) is 1. The van der Waals surface area contributed by atoms with E-state index < -0.39 is 0 Å². The first-order chi connectivity index (χ1) is 9.29. The molecule has 1 aromatic heterocycles. The maximum absolute atomic E-state index is 4.68. The topological polar surface area (TPSA) is 24.9 Å². The minimum atomic E-state index is 0.548. The smallest absolute Gasteiger partial charge is 0.0705 e. The van der Waals surface area contributed by atoms with Gasteiger partial charge in [-0.15, -0.1) is 0 Å². The molecule has 3 heteroatoms. The summed E-state index contributed by atoms with van der Waals surface area (Å²) in [7, 11) is 0. The lowest BCUT2D eigenvalue weighted by Crippen LogP contribution is -2.26. The Kier molecular flexibility index (Phi) is 5.67. The van der Waals surface area contributed by atoms with E-state index in [-0.39, 0.29) is 0 Å². The summed E-state index contributed by atoms with van der Waals surface area (Å²) in [6.45, 7) is 5.31. The molecule has 0 spiro atoms. The molecule has 1 heterocycles. The van der Waals surface area contributed by atoms with Gasteiger partial charge in [0.2, 0.25) is 0 Å². The molecule has 2 aromatic rings. The van der Waals surface area contributed by atoms with Crippen molar-refractivity contribution in [2.24, 2.45) is 0 Å². The van der Waals surface area contributed by atoms with Crippen LogP contribution in [-0.4, -0.2) is 22.5 Å². The molecule has 0 radical (unpaired) electrons. The molecule has 0 bridgehead atoms. The number of nitrogens with zero attached hydrogens (tertiary/aromatic N) is 1. The van der Waals surface area contributed by atoms with Crippen molar-refractivity contribution in [3.05, 3.63) is 42.1 Å². The summed E-state index contributed by atoms with van der Waals surface area (Å²) >= 11 is 2.00. The van der Waals surface area contributed by atoms with Crippen molar-refractivity contribution in [2.75, 3.05) is 11.5 Å². The van der Waals surface area contributed by atoms with E-state index in [4.69, 9.17) is 0 Å². The summed E-state index contributed by atoms with van der Waals surface area (Å²) in [5.74, 6) is 2.44. The Morgan fingerprint density at radius 1 is 1.21 bits per heavy atom. The molecule has 1 atom stereocenters. The minimum Gasteiger partial charge on any atom is -0.309 e. The Morgan fingerprint density at radius 3 is 2.89 bits per heavy atom. The van der Waals surface area contributed by atoms with Gasteiger partial charge in [0.25, 0.3) is 0 Å². The molecule has 0 amide bonds. The quantitative estimate of drug-likeness (QED) is 0.776. The number of fused-ring (bicyclic) bond motifs is 1. The average molecular weight is 274 g/mol. The molecule has 0 saturated carbocycles. The summed E-state index contributed by atoms with van der Waals surface area (Å²) in [4.78, 5) is 4.68. The van der Waals surface area contributed by atoms with Crippen LogP contribution in [0.4, 0.5) is 0 Å². The molecule has 0 aliphatic carbocycles. The lowest BCUT2D eigenvalue weighted by Gasteiger charge is -2.13. The lowest BCUT2D eigenvalue weighted by molar-refractivity contribution is 0.533. The van der Waals surface area contributed by atoms with Gasteiger partial charge in [-0.3, -0.25) is 4.98 Å². The lowest BCUT2D eigenvalue weighted by atomic mass is 10.2. The number of pyridine rings is 1. The van der Waals surface area contributed by atoms with Gasteiger partial charge in [0.15, 0.2) is 0 Å². The molecule has 1 N–H and O–H groups in total. The van der Waals surface area contributed by atoms with Gasteiger partial charge < -0.3 is 5.32 Å². The first-order valence-corrected chi connectivity index (χ1v) is 8.11. The molecule has 1 aromatic carbocycles. The molecular weight excluding hydrogens is 252 g/mol. The van der Waals surface area contributed by atoms with Gasteiger partial charge in [-0.2, -0.15) is 11.8 Å². The van der Waals surface area contributed by atoms with Gasteiger partial charge in [0.1, 0.15) is 0 Å². The molecule has 0 saturated heterocycles. The van der Waals surface area contributed by atoms with Gasteiger partial charge in [-0.05, 0) is 37.0 Å². The fourth-order valence-electron chi connectivity index (χ4n) is 1.99. The van der Waals surface area contributed by atoms with Crippen molar-refractivity contribution in [3.63, 3.8) is 0 Å². The van der Waals surface area contributed by atoms with E-state index >= 15 is 0 Å². The van der Waals surface area contributed by atoms with Crippen molar-refractivity contribution in [1.29, 1.82) is 0 Å². The zero-order chi connectivity index (χ0) is 13.5. The molecule has 0 fully saturated rings. The average Bonchev–Trinajstić information content (AvgIpc) is 2.45. The number of para-hydroxylation sites is 1. The summed E-state index contributed by atoms with van der Waals surface area (Å²) in [6, 6.07) is 13.1. The Morgan fingerprint density at radius 2 is 2.05 bits per heavy atom. The van der Waals surface area contributed by atoms with Crippen LogP contribution < -0.4 is 5.32 Å². The van der Waals surface area contributed by atoms with Crippen molar-refractivity contribution in [3.8, 4) is 0 Å². The van der Waals surface area contributed by atoms with Crippen LogP contribution in [0.5, 0.6) is 0 Å². The Hall–Kier alpha value is -1.06. The van der Waals surface area contributed by atoms with Crippen molar-refractivity contribution >= 4 is 22.7 Å². The molecule has 19 heavy (non-hydrogen) atoms. The second-order valence-electron chi connectivity index (χ2n) is 4.76. The van der Waals surface area contributed by atoms with E-state index in [1.807, 2.05) is 17.8 Å². The van der Waals surface area contributed by atoms with E-state index in [1.54, 1.807) is 0 Å². The Bertz CT molecular complexity index is 513. The third kappa shape index (κ3) is 4.51. The zero-order valence-corrected chi connectivity index (χ0v) is 12.5. The number of thioether (sulfide) groups is 1. The van der Waals surface area contributed by atoms with Crippen LogP contribution in [0, 0.1) is 0 Å². The van der Waals surface area contributed by atoms with Gasteiger partial charge in [0, 0.05) is 18.0 Å². The Labute approximate surface area is 120 Å². The monoisotopic (exact) mass is 274 g/mol. The SMILES string of the molecule is CCSCCC(C)NCc1ccc2ccccc2n1. The second kappa shape index (κ2) is 7.51. The van der Waals surface area contributed by atoms with Gasteiger partial charge in [0.05, 0.1) is 11.2 Å². The van der Waals surface area contributed by atoms with E-state index in [2.05, 4.69) is 54.5 Å². The van der Waals surface area contributed by atoms with E-state index in [0.717, 1.165) is 17.8 Å². The predicted octanol–water partition coefficient (Wildman–Crippen LogP) is 3.86. The molecule has 0 aliphatic heterocycles. The third-order valence-corrected chi connectivity index (χ3v) is 4.12. The molecular formula is C16H22N2S. The largest absolute Gasteiger partial charge is 0.309 e. The maximum atomic E-state index is 4.68. The molecule has 2 rings (SSSR count). The summed E-state index contributed by atoms with van der Waals surface area (Å²) in [6.07, 6.45) is 1.21. The minimum absolute atomic E-state index is 0.548. The van der Waals surface area contributed by atoms with Crippen LogP contribution in [-0.2, 0) is 6.54 Å². The van der Waals surface area contributed by atoms with E-state index in [1.165, 1.54) is 23.3 Å². The molecule has 0 aliphatic rings. The van der Waals surface area contributed by atoms with E-state index in [9.17, 15) is 0 Å². The van der Waals surface area contributed by atoms with E-state index in [0.29, 0.717) is 6.04 Å². The van der Waals surface area contributed by atoms with Crippen LogP contribution in [0.1, 0.15) is 26.0 Å². The first kappa shape index (κ1) is 14.4. The fourth-order valence-corrected chi connectivity index (χ4v) is 2.80. The summed E-state index contributed by atoms with van der Waals surface area (Å²) in [5.41, 5.74) is 2.20. The van der Waals surface area contributed by atoms with Crippen LogP contribution in [0.15, 0.2) is 36.4 Å². The highest BCUT2D eigenvalue weighted by Gasteiger charge is 2.03. The van der Waals surface area contributed by atoms with Gasteiger partial charge in [-0.1, -0.05) is 31.2 Å². The fraction of sp³-hybridized carbons (Fsp3) is 0.438. The normalized spacial score (nSPS) is 12.7. The zero-order valence-electron chi connectivity index (χ0n) is 11.7. The second-order valence-corrected chi connectivity index (χ2v) is 6.16. The van der Waals surface area contributed by atoms with Crippen molar-refractivity contribution in [1.82, 2.24) is 10.3 Å². The van der Waals surface area contributed by atoms with Crippen LogP contribution in [0.2, 0.25) is 0 Å². The number of hydrogen-bond donors (Lipinski definition) is 1. The molecule has 1 unspecified atom stereocenters.